The van der Waals surface area contributed by atoms with Gasteiger partial charge in [-0.05, 0) is 12.8 Å². The number of hydrogen-bond acceptors (Lipinski definition) is 7. The van der Waals surface area contributed by atoms with Crippen LogP contribution in [0, 0.1) is 10.1 Å². The quantitative estimate of drug-likeness (QED) is 0.345. The average molecular weight is 424 g/mol. The second-order valence-electron chi connectivity index (χ2n) is 7.75. The molecular formula is C20H30N3O7+. The molecular weight excluding hydrogens is 394 g/mol. The zero-order chi connectivity index (χ0) is 21.7. The number of benzene rings is 1. The average Bonchev–Trinajstić information content (AvgIpc) is 3.19. The largest absolute Gasteiger partial charge is 0.454 e. The van der Waals surface area contributed by atoms with Crippen molar-refractivity contribution in [2.75, 3.05) is 34.6 Å². The number of nitro groups is 1. The van der Waals surface area contributed by atoms with Crippen molar-refractivity contribution >= 4 is 11.6 Å². The molecule has 2 unspecified atom stereocenters. The molecule has 10 nitrogen and oxygen atoms in total. The molecule has 1 aromatic rings. The maximum atomic E-state index is 13.4. The lowest BCUT2D eigenvalue weighted by Gasteiger charge is -2.29. The van der Waals surface area contributed by atoms with E-state index in [1.54, 1.807) is 13.1 Å². The van der Waals surface area contributed by atoms with Gasteiger partial charge in [-0.2, -0.15) is 0 Å². The van der Waals surface area contributed by atoms with Gasteiger partial charge >= 0.3 is 0 Å². The van der Waals surface area contributed by atoms with Crippen molar-refractivity contribution in [3.8, 4) is 11.5 Å². The summed E-state index contributed by atoms with van der Waals surface area (Å²) in [6.45, 7) is 0.314. The Morgan fingerprint density at radius 2 is 1.87 bits per heavy atom. The van der Waals surface area contributed by atoms with Gasteiger partial charge in [0.15, 0.2) is 17.5 Å². The van der Waals surface area contributed by atoms with Crippen LogP contribution in [0.15, 0.2) is 12.1 Å². The van der Waals surface area contributed by atoms with Crippen LogP contribution >= 0.6 is 0 Å². The van der Waals surface area contributed by atoms with E-state index in [0.717, 1.165) is 32.1 Å². The molecule has 2 aliphatic rings. The van der Waals surface area contributed by atoms with Crippen LogP contribution < -0.4 is 19.7 Å². The van der Waals surface area contributed by atoms with Crippen LogP contribution in [0.2, 0.25) is 0 Å². The number of nitrogens with one attached hydrogen (secondary N) is 2. The number of ether oxygens (including phenoxy) is 4. The van der Waals surface area contributed by atoms with E-state index in [4.69, 9.17) is 18.9 Å². The normalized spacial score (nSPS) is 18.3. The van der Waals surface area contributed by atoms with Gasteiger partial charge in [0, 0.05) is 26.3 Å². The molecule has 1 fully saturated rings. The minimum atomic E-state index is -0.838. The minimum Gasteiger partial charge on any atom is -0.454 e. The molecule has 0 spiro atoms. The third-order valence-electron chi connectivity index (χ3n) is 5.75. The Morgan fingerprint density at radius 1 is 1.23 bits per heavy atom. The summed E-state index contributed by atoms with van der Waals surface area (Å²) in [7, 11) is 4.83. The number of hydrogen-bond donors (Lipinski definition) is 2. The molecule has 0 saturated heterocycles. The maximum absolute atomic E-state index is 13.4. The molecule has 3 rings (SSSR count). The molecule has 0 aromatic heterocycles. The highest BCUT2D eigenvalue weighted by molar-refractivity contribution is 5.84. The first-order valence-electron chi connectivity index (χ1n) is 10.2. The van der Waals surface area contributed by atoms with Crippen LogP contribution in [0.4, 0.5) is 5.69 Å². The van der Waals surface area contributed by atoms with Crippen molar-refractivity contribution in [3.05, 3.63) is 27.8 Å². The third kappa shape index (κ3) is 5.00. The number of likely N-dealkylation sites (N-methyl/N-ethyl adjacent to an activating group) is 1. The molecule has 2 atom stereocenters. The Hall–Kier alpha value is -2.43. The maximum Gasteiger partial charge on any atom is 0.283 e. The Morgan fingerprint density at radius 3 is 2.47 bits per heavy atom. The van der Waals surface area contributed by atoms with Crippen molar-refractivity contribution < 1.29 is 33.6 Å². The Bertz CT molecular complexity index is 763. The van der Waals surface area contributed by atoms with Crippen molar-refractivity contribution in [2.45, 2.75) is 50.5 Å². The summed E-state index contributed by atoms with van der Waals surface area (Å²) in [6.07, 6.45) is 4.58. The SMILES string of the molecule is COC(C[NH+](C)C(C(=O)NC1CCCCC1)c1cc2c(cc1[N+](=O)[O-])OCO2)OC. The molecule has 2 N–H and O–H groups in total. The standard InChI is InChI=1S/C20H29N3O7/c1-22(11-18(27-2)28-3)19(20(24)21-13-7-5-4-6-8-13)14-9-16-17(30-12-29-16)10-15(14)23(25)26/h9-10,13,18-19H,4-8,11-12H2,1-3H3,(H,21,24)/p+1. The van der Waals surface area contributed by atoms with E-state index < -0.39 is 17.3 Å². The summed E-state index contributed by atoms with van der Waals surface area (Å²) < 4.78 is 21.3. The van der Waals surface area contributed by atoms with Crippen molar-refractivity contribution in [1.29, 1.82) is 0 Å². The second kappa shape index (κ2) is 10.1. The number of carbonyl (C=O) groups excluding carboxylic acids is 1. The summed E-state index contributed by atoms with van der Waals surface area (Å²) in [5.41, 5.74) is 0.106. The number of rotatable bonds is 9. The summed E-state index contributed by atoms with van der Waals surface area (Å²) in [6, 6.07) is 2.12. The van der Waals surface area contributed by atoms with E-state index >= 15 is 0 Å². The minimum absolute atomic E-state index is 0.00695. The van der Waals surface area contributed by atoms with Crippen LogP contribution in [-0.2, 0) is 14.3 Å². The van der Waals surface area contributed by atoms with E-state index in [-0.39, 0.29) is 30.0 Å². The third-order valence-corrected chi connectivity index (χ3v) is 5.75. The van der Waals surface area contributed by atoms with Crippen LogP contribution in [0.25, 0.3) is 0 Å². The fourth-order valence-electron chi connectivity index (χ4n) is 4.14. The molecule has 1 amide bonds. The molecule has 1 aromatic carbocycles. The predicted molar refractivity (Wildman–Crippen MR) is 107 cm³/mol. The number of nitrogens with zero attached hydrogens (tertiary/aromatic N) is 1. The van der Waals surface area contributed by atoms with Gasteiger partial charge in [0.2, 0.25) is 13.1 Å². The van der Waals surface area contributed by atoms with Crippen molar-refractivity contribution in [1.82, 2.24) is 5.32 Å². The molecule has 1 aliphatic heterocycles. The summed E-state index contributed by atoms with van der Waals surface area (Å²) in [4.78, 5) is 25.4. The molecule has 1 saturated carbocycles. The first-order valence-corrected chi connectivity index (χ1v) is 10.2. The van der Waals surface area contributed by atoms with E-state index in [0.29, 0.717) is 22.9 Å². The van der Waals surface area contributed by atoms with Gasteiger partial charge in [-0.1, -0.05) is 19.3 Å². The van der Waals surface area contributed by atoms with E-state index in [2.05, 4.69) is 5.32 Å². The van der Waals surface area contributed by atoms with Crippen LogP contribution in [-0.4, -0.2) is 57.8 Å². The first kappa shape index (κ1) is 22.3. The van der Waals surface area contributed by atoms with Gasteiger partial charge in [-0.3, -0.25) is 14.9 Å². The van der Waals surface area contributed by atoms with Crippen molar-refractivity contribution in [3.63, 3.8) is 0 Å². The summed E-state index contributed by atoms with van der Waals surface area (Å²) >= 11 is 0. The molecule has 0 bridgehead atoms. The molecule has 30 heavy (non-hydrogen) atoms. The van der Waals surface area contributed by atoms with Crippen molar-refractivity contribution in [2.24, 2.45) is 0 Å². The molecule has 10 heteroatoms. The lowest BCUT2D eigenvalue weighted by Crippen LogP contribution is -3.11. The lowest BCUT2D eigenvalue weighted by molar-refractivity contribution is -0.908. The van der Waals surface area contributed by atoms with Gasteiger partial charge in [-0.15, -0.1) is 0 Å². The summed E-state index contributed by atoms with van der Waals surface area (Å²) in [5.74, 6) is 0.447. The zero-order valence-corrected chi connectivity index (χ0v) is 17.6. The van der Waals surface area contributed by atoms with Gasteiger partial charge in [0.25, 0.3) is 11.6 Å². The first-order chi connectivity index (χ1) is 14.4. The topological polar surface area (TPSA) is 114 Å². The van der Waals surface area contributed by atoms with Crippen LogP contribution in [0.5, 0.6) is 11.5 Å². The van der Waals surface area contributed by atoms with Crippen LogP contribution in [0.3, 0.4) is 0 Å². The zero-order valence-electron chi connectivity index (χ0n) is 17.6. The predicted octanol–water partition coefficient (Wildman–Crippen LogP) is 0.947. The molecule has 1 heterocycles. The Kier molecular flexibility index (Phi) is 7.46. The highest BCUT2D eigenvalue weighted by atomic mass is 16.7. The molecule has 166 valence electrons. The van der Waals surface area contributed by atoms with Gasteiger partial charge in [0.1, 0.15) is 12.1 Å². The van der Waals surface area contributed by atoms with Crippen LogP contribution in [0.1, 0.15) is 43.7 Å². The number of amides is 1. The highest BCUT2D eigenvalue weighted by Gasteiger charge is 2.39. The fraction of sp³-hybridized carbons (Fsp3) is 0.650. The van der Waals surface area contributed by atoms with E-state index in [9.17, 15) is 14.9 Å². The monoisotopic (exact) mass is 424 g/mol. The highest BCUT2D eigenvalue weighted by Crippen LogP contribution is 2.39. The smallest absolute Gasteiger partial charge is 0.283 e. The number of nitro benzene ring substituents is 1. The van der Waals surface area contributed by atoms with E-state index in [1.165, 1.54) is 20.3 Å². The molecule has 1 aliphatic carbocycles. The summed E-state index contributed by atoms with van der Waals surface area (Å²) in [5, 5.41) is 14.9. The number of quaternary nitrogens is 1. The molecule has 0 radical (unpaired) electrons. The Labute approximate surface area is 175 Å². The lowest BCUT2D eigenvalue weighted by atomic mass is 9.94. The number of methoxy groups -OCH3 is 2. The van der Waals surface area contributed by atoms with Gasteiger partial charge in [0.05, 0.1) is 18.0 Å². The number of carbonyl (C=O) groups is 1. The number of fused-ring (bicyclic) bond motifs is 1. The second-order valence-corrected chi connectivity index (χ2v) is 7.75. The van der Waals surface area contributed by atoms with E-state index in [1.807, 2.05) is 0 Å². The fourth-order valence-corrected chi connectivity index (χ4v) is 4.14. The van der Waals surface area contributed by atoms with Gasteiger partial charge in [-0.25, -0.2) is 0 Å². The van der Waals surface area contributed by atoms with Gasteiger partial charge < -0.3 is 29.2 Å². The Balaban J connectivity index is 1.96.